The molecule has 2 aliphatic heterocycles. The van der Waals surface area contributed by atoms with Gasteiger partial charge in [0.05, 0.1) is 18.9 Å². The van der Waals surface area contributed by atoms with Crippen molar-refractivity contribution in [3.8, 4) is 5.75 Å². The Hall–Kier alpha value is -3.35. The van der Waals surface area contributed by atoms with Crippen molar-refractivity contribution in [3.63, 3.8) is 0 Å². The molecule has 29 heavy (non-hydrogen) atoms. The number of ether oxygens (including phenoxy) is 1. The third-order valence-corrected chi connectivity index (χ3v) is 5.66. The molecular formula is C22H22N2O5. The van der Waals surface area contributed by atoms with Crippen molar-refractivity contribution in [1.29, 1.82) is 0 Å². The molecule has 0 spiro atoms. The topological polar surface area (TPSA) is 87.2 Å². The van der Waals surface area contributed by atoms with Crippen LogP contribution in [0.3, 0.4) is 0 Å². The van der Waals surface area contributed by atoms with Crippen LogP contribution in [0.1, 0.15) is 23.5 Å². The number of carbonyl (C=O) groups excluding carboxylic acids is 2. The predicted octanol–water partition coefficient (Wildman–Crippen LogP) is 2.26. The summed E-state index contributed by atoms with van der Waals surface area (Å²) < 4.78 is 5.14. The number of anilines is 1. The molecule has 2 aromatic rings. The second-order valence-electron chi connectivity index (χ2n) is 7.41. The van der Waals surface area contributed by atoms with Gasteiger partial charge in [0.1, 0.15) is 5.75 Å². The fraction of sp³-hybridized carbons (Fsp3) is 0.318. The number of methoxy groups -OCH3 is 1. The quantitative estimate of drug-likeness (QED) is 0.860. The van der Waals surface area contributed by atoms with Crippen LogP contribution in [0, 0.1) is 5.92 Å². The van der Waals surface area contributed by atoms with Crippen molar-refractivity contribution >= 4 is 23.5 Å². The number of carboxylic acid groups (broad SMARTS) is 1. The Bertz CT molecular complexity index is 956. The number of aliphatic carboxylic acids is 1. The van der Waals surface area contributed by atoms with Gasteiger partial charge < -0.3 is 19.6 Å². The van der Waals surface area contributed by atoms with Crippen molar-refractivity contribution in [2.75, 3.05) is 25.1 Å². The summed E-state index contributed by atoms with van der Waals surface area (Å²) in [4.78, 5) is 40.6. The Morgan fingerprint density at radius 2 is 1.79 bits per heavy atom. The van der Waals surface area contributed by atoms with E-state index in [0.29, 0.717) is 18.8 Å². The Labute approximate surface area is 168 Å². The number of carboxylic acids is 1. The van der Waals surface area contributed by atoms with Gasteiger partial charge in [0, 0.05) is 31.7 Å². The van der Waals surface area contributed by atoms with Gasteiger partial charge in [0.25, 0.3) is 0 Å². The Morgan fingerprint density at radius 3 is 2.48 bits per heavy atom. The minimum Gasteiger partial charge on any atom is -0.497 e. The van der Waals surface area contributed by atoms with Crippen LogP contribution in [0.15, 0.2) is 48.5 Å². The van der Waals surface area contributed by atoms with Crippen molar-refractivity contribution in [2.45, 2.75) is 18.9 Å². The van der Waals surface area contributed by atoms with Gasteiger partial charge in [-0.3, -0.25) is 14.4 Å². The second kappa shape index (κ2) is 7.58. The maximum Gasteiger partial charge on any atom is 0.312 e. The van der Waals surface area contributed by atoms with Crippen LogP contribution in [0.25, 0.3) is 0 Å². The van der Waals surface area contributed by atoms with Gasteiger partial charge >= 0.3 is 5.97 Å². The summed E-state index contributed by atoms with van der Waals surface area (Å²) >= 11 is 0. The summed E-state index contributed by atoms with van der Waals surface area (Å²) in [7, 11) is 1.58. The van der Waals surface area contributed by atoms with Crippen molar-refractivity contribution in [1.82, 2.24) is 4.90 Å². The Morgan fingerprint density at radius 1 is 1.07 bits per heavy atom. The first-order valence-electron chi connectivity index (χ1n) is 9.51. The van der Waals surface area contributed by atoms with E-state index in [0.717, 1.165) is 16.8 Å². The van der Waals surface area contributed by atoms with E-state index in [2.05, 4.69) is 0 Å². The summed E-state index contributed by atoms with van der Waals surface area (Å²) in [6.07, 6.45) is 0.126. The van der Waals surface area contributed by atoms with Crippen molar-refractivity contribution in [3.05, 3.63) is 59.7 Å². The van der Waals surface area contributed by atoms with E-state index < -0.39 is 17.8 Å². The molecule has 2 atom stereocenters. The van der Waals surface area contributed by atoms with Crippen LogP contribution in [0.5, 0.6) is 5.75 Å². The predicted molar refractivity (Wildman–Crippen MR) is 106 cm³/mol. The largest absolute Gasteiger partial charge is 0.497 e. The van der Waals surface area contributed by atoms with Crippen LogP contribution in [0.4, 0.5) is 5.69 Å². The van der Waals surface area contributed by atoms with E-state index in [1.54, 1.807) is 47.2 Å². The standard InChI is InChI=1S/C22H22N2O5/c1-29-17-8-6-16(7-9-17)24-12-15(10-20(24)25)21(26)23-11-14-4-2-3-5-18(14)19(13-23)22(27)28/h2-9,15,19H,10-13H2,1H3,(H,27,28). The first kappa shape index (κ1) is 19.0. The highest BCUT2D eigenvalue weighted by molar-refractivity contribution is 6.00. The number of hydrogen-bond donors (Lipinski definition) is 1. The number of fused-ring (bicyclic) bond motifs is 1. The molecule has 150 valence electrons. The first-order chi connectivity index (χ1) is 14.0. The summed E-state index contributed by atoms with van der Waals surface area (Å²) in [6.45, 7) is 0.782. The smallest absolute Gasteiger partial charge is 0.312 e. The summed E-state index contributed by atoms with van der Waals surface area (Å²) in [6, 6.07) is 14.5. The van der Waals surface area contributed by atoms with Gasteiger partial charge in [0.2, 0.25) is 11.8 Å². The molecular weight excluding hydrogens is 372 g/mol. The molecule has 0 radical (unpaired) electrons. The lowest BCUT2D eigenvalue weighted by Gasteiger charge is -2.34. The average Bonchev–Trinajstić information content (AvgIpc) is 3.13. The fourth-order valence-electron chi connectivity index (χ4n) is 4.13. The van der Waals surface area contributed by atoms with E-state index in [4.69, 9.17) is 4.74 Å². The van der Waals surface area contributed by atoms with Gasteiger partial charge in [0.15, 0.2) is 0 Å². The maximum absolute atomic E-state index is 13.1. The molecule has 0 saturated carbocycles. The summed E-state index contributed by atoms with van der Waals surface area (Å²) in [5.74, 6) is -1.77. The summed E-state index contributed by atoms with van der Waals surface area (Å²) in [5.41, 5.74) is 2.32. The van der Waals surface area contributed by atoms with E-state index in [1.165, 1.54) is 0 Å². The normalized spacial score (nSPS) is 21.1. The maximum atomic E-state index is 13.1. The number of hydrogen-bond acceptors (Lipinski definition) is 4. The zero-order valence-corrected chi connectivity index (χ0v) is 16.1. The van der Waals surface area contributed by atoms with Crippen LogP contribution >= 0.6 is 0 Å². The molecule has 0 aliphatic carbocycles. The van der Waals surface area contributed by atoms with Crippen LogP contribution in [-0.4, -0.2) is 48.0 Å². The van der Waals surface area contributed by atoms with Gasteiger partial charge in [-0.2, -0.15) is 0 Å². The van der Waals surface area contributed by atoms with E-state index in [1.807, 2.05) is 18.2 Å². The minimum atomic E-state index is -0.947. The summed E-state index contributed by atoms with van der Waals surface area (Å²) in [5, 5.41) is 9.61. The van der Waals surface area contributed by atoms with Crippen molar-refractivity contribution < 1.29 is 24.2 Å². The highest BCUT2D eigenvalue weighted by Crippen LogP contribution is 2.32. The SMILES string of the molecule is COc1ccc(N2CC(C(=O)N3Cc4ccccc4C(C(=O)O)C3)CC2=O)cc1. The average molecular weight is 394 g/mol. The van der Waals surface area contributed by atoms with Crippen LogP contribution in [0.2, 0.25) is 0 Å². The molecule has 1 saturated heterocycles. The van der Waals surface area contributed by atoms with Crippen LogP contribution < -0.4 is 9.64 Å². The number of rotatable bonds is 4. The molecule has 2 unspecified atom stereocenters. The lowest BCUT2D eigenvalue weighted by molar-refractivity contribution is -0.142. The molecule has 2 amide bonds. The minimum absolute atomic E-state index is 0.110. The van der Waals surface area contributed by atoms with Crippen LogP contribution in [-0.2, 0) is 20.9 Å². The fourth-order valence-corrected chi connectivity index (χ4v) is 4.13. The highest BCUT2D eigenvalue weighted by atomic mass is 16.5. The highest BCUT2D eigenvalue weighted by Gasteiger charge is 2.40. The molecule has 1 N–H and O–H groups in total. The zero-order chi connectivity index (χ0) is 20.5. The molecule has 7 heteroatoms. The molecule has 2 aliphatic rings. The molecule has 1 fully saturated rings. The number of carbonyl (C=O) groups is 3. The van der Waals surface area contributed by atoms with E-state index in [-0.39, 0.29) is 24.8 Å². The molecule has 4 rings (SSSR count). The Balaban J connectivity index is 1.51. The van der Waals surface area contributed by atoms with Gasteiger partial charge in [-0.25, -0.2) is 0 Å². The number of benzene rings is 2. The number of nitrogens with zero attached hydrogens (tertiary/aromatic N) is 2. The van der Waals surface area contributed by atoms with Gasteiger partial charge in [-0.1, -0.05) is 24.3 Å². The number of amides is 2. The zero-order valence-electron chi connectivity index (χ0n) is 16.1. The van der Waals surface area contributed by atoms with Gasteiger partial charge in [-0.05, 0) is 35.4 Å². The second-order valence-corrected chi connectivity index (χ2v) is 7.41. The molecule has 2 heterocycles. The molecule has 0 aromatic heterocycles. The molecule has 2 aromatic carbocycles. The molecule has 7 nitrogen and oxygen atoms in total. The lowest BCUT2D eigenvalue weighted by atomic mass is 9.89. The monoisotopic (exact) mass is 394 g/mol. The van der Waals surface area contributed by atoms with Crippen molar-refractivity contribution in [2.24, 2.45) is 5.92 Å². The van der Waals surface area contributed by atoms with E-state index in [9.17, 15) is 19.5 Å². The van der Waals surface area contributed by atoms with Gasteiger partial charge in [-0.15, -0.1) is 0 Å². The van der Waals surface area contributed by atoms with E-state index >= 15 is 0 Å². The third-order valence-electron chi connectivity index (χ3n) is 5.66. The Kier molecular flexibility index (Phi) is 4.96. The molecule has 0 bridgehead atoms. The lowest BCUT2D eigenvalue weighted by Crippen LogP contribution is -2.43. The first-order valence-corrected chi connectivity index (χ1v) is 9.51. The third kappa shape index (κ3) is 3.55.